The van der Waals surface area contributed by atoms with Crippen molar-refractivity contribution >= 4 is 0 Å². The topological polar surface area (TPSA) is 12.9 Å². The molecule has 8 aromatic rings. The van der Waals surface area contributed by atoms with Gasteiger partial charge in [0.15, 0.2) is 0 Å². The van der Waals surface area contributed by atoms with E-state index < -0.39 is 5.41 Å². The molecule has 244 valence electrons. The number of aromatic nitrogens is 1. The van der Waals surface area contributed by atoms with Gasteiger partial charge in [-0.05, 0) is 96.1 Å². The van der Waals surface area contributed by atoms with Crippen LogP contribution in [0.4, 0.5) is 0 Å². The molecule has 0 saturated carbocycles. The number of fused-ring (bicyclic) bond motifs is 13. The molecule has 0 aliphatic heterocycles. The Morgan fingerprint density at radius 2 is 0.827 bits per heavy atom. The van der Waals surface area contributed by atoms with E-state index in [1.807, 2.05) is 0 Å². The van der Waals surface area contributed by atoms with Crippen LogP contribution >= 0.6 is 0 Å². The predicted octanol–water partition coefficient (Wildman–Crippen LogP) is 12.7. The van der Waals surface area contributed by atoms with Crippen LogP contribution in [0.1, 0.15) is 47.2 Å². The predicted molar refractivity (Wildman–Crippen MR) is 214 cm³/mol. The van der Waals surface area contributed by atoms with E-state index >= 15 is 0 Å². The van der Waals surface area contributed by atoms with Gasteiger partial charge in [0, 0.05) is 16.5 Å². The van der Waals surface area contributed by atoms with E-state index in [4.69, 9.17) is 4.98 Å². The highest BCUT2D eigenvalue weighted by Crippen LogP contribution is 2.64. The zero-order valence-corrected chi connectivity index (χ0v) is 29.2. The molecule has 1 nitrogen and oxygen atoms in total. The summed E-state index contributed by atoms with van der Waals surface area (Å²) in [4.78, 5) is 5.58. The van der Waals surface area contributed by atoms with Gasteiger partial charge in [-0.3, -0.25) is 0 Å². The zero-order chi connectivity index (χ0) is 34.6. The molecule has 52 heavy (non-hydrogen) atoms. The first kappa shape index (κ1) is 29.4. The average Bonchev–Trinajstić information content (AvgIpc) is 3.77. The average molecular weight is 662 g/mol. The van der Waals surface area contributed by atoms with Crippen LogP contribution in [-0.2, 0) is 10.8 Å². The molecule has 3 aliphatic rings. The molecule has 0 unspecified atom stereocenters. The highest BCUT2D eigenvalue weighted by atomic mass is 14.7. The molecule has 3 aliphatic carbocycles. The van der Waals surface area contributed by atoms with Crippen LogP contribution in [0.15, 0.2) is 176 Å². The second-order valence-corrected chi connectivity index (χ2v) is 15.0. The Balaban J connectivity index is 1.17. The minimum Gasteiger partial charge on any atom is -0.248 e. The number of pyridine rings is 1. The van der Waals surface area contributed by atoms with Crippen molar-refractivity contribution in [2.24, 2.45) is 0 Å². The molecule has 0 radical (unpaired) electrons. The van der Waals surface area contributed by atoms with Gasteiger partial charge in [0.05, 0.1) is 16.8 Å². The smallest absolute Gasteiger partial charge is 0.0725 e. The highest BCUT2D eigenvalue weighted by molar-refractivity contribution is 6.00. The SMILES string of the molecule is CC1(C)c2ccccc2-c2ccc(-c3cc(-c4ccccc4)cc(-c4cccc5c4-c4ccccc4C54c5ccccc5-c5ccccc54)n3)cc21. The van der Waals surface area contributed by atoms with E-state index in [-0.39, 0.29) is 5.41 Å². The van der Waals surface area contributed by atoms with Crippen molar-refractivity contribution in [3.63, 3.8) is 0 Å². The molecule has 0 saturated heterocycles. The lowest BCUT2D eigenvalue weighted by molar-refractivity contribution is 0.660. The summed E-state index contributed by atoms with van der Waals surface area (Å²) >= 11 is 0. The third-order valence-corrected chi connectivity index (χ3v) is 12.1. The van der Waals surface area contributed by atoms with E-state index in [0.29, 0.717) is 0 Å². The van der Waals surface area contributed by atoms with Crippen molar-refractivity contribution in [3.05, 3.63) is 209 Å². The molecule has 1 heteroatoms. The number of rotatable bonds is 3. The van der Waals surface area contributed by atoms with Gasteiger partial charge >= 0.3 is 0 Å². The third-order valence-electron chi connectivity index (χ3n) is 12.1. The van der Waals surface area contributed by atoms with Crippen molar-refractivity contribution < 1.29 is 0 Å². The quantitative estimate of drug-likeness (QED) is 0.184. The van der Waals surface area contributed by atoms with Crippen LogP contribution in [-0.4, -0.2) is 4.98 Å². The minimum absolute atomic E-state index is 0.0893. The summed E-state index contributed by atoms with van der Waals surface area (Å²) in [6, 6.07) is 65.1. The van der Waals surface area contributed by atoms with E-state index in [2.05, 4.69) is 190 Å². The summed E-state index contributed by atoms with van der Waals surface area (Å²) in [5.41, 5.74) is 22.1. The van der Waals surface area contributed by atoms with E-state index in [1.54, 1.807) is 0 Å². The van der Waals surface area contributed by atoms with Crippen LogP contribution in [0.5, 0.6) is 0 Å². The summed E-state index contributed by atoms with van der Waals surface area (Å²) in [5, 5.41) is 0. The van der Waals surface area contributed by atoms with Crippen LogP contribution in [0.2, 0.25) is 0 Å². The lowest BCUT2D eigenvalue weighted by Crippen LogP contribution is -2.25. The first-order valence-corrected chi connectivity index (χ1v) is 18.3. The lowest BCUT2D eigenvalue weighted by atomic mass is 9.70. The second-order valence-electron chi connectivity index (χ2n) is 15.0. The van der Waals surface area contributed by atoms with Gasteiger partial charge < -0.3 is 0 Å². The van der Waals surface area contributed by atoms with Crippen molar-refractivity contribution in [2.45, 2.75) is 24.7 Å². The molecule has 1 aromatic heterocycles. The summed E-state index contributed by atoms with van der Waals surface area (Å²) in [7, 11) is 0. The Bertz CT molecular complexity index is 2720. The summed E-state index contributed by atoms with van der Waals surface area (Å²) < 4.78 is 0. The number of hydrogen-bond acceptors (Lipinski definition) is 1. The Morgan fingerprint density at radius 1 is 0.327 bits per heavy atom. The minimum atomic E-state index is -0.393. The van der Waals surface area contributed by atoms with Gasteiger partial charge in [0.1, 0.15) is 0 Å². The van der Waals surface area contributed by atoms with Gasteiger partial charge in [-0.15, -0.1) is 0 Å². The third kappa shape index (κ3) is 3.80. The van der Waals surface area contributed by atoms with Crippen LogP contribution < -0.4 is 0 Å². The van der Waals surface area contributed by atoms with Gasteiger partial charge in [0.25, 0.3) is 0 Å². The fourth-order valence-electron chi connectivity index (χ4n) is 9.83. The molecule has 0 amide bonds. The molecule has 0 N–H and O–H groups in total. The summed E-state index contributed by atoms with van der Waals surface area (Å²) in [6.07, 6.45) is 0. The molecule has 1 spiro atoms. The van der Waals surface area contributed by atoms with Gasteiger partial charge in [-0.2, -0.15) is 0 Å². The van der Waals surface area contributed by atoms with Crippen molar-refractivity contribution in [3.8, 4) is 67.0 Å². The normalized spacial score (nSPS) is 14.7. The van der Waals surface area contributed by atoms with E-state index in [1.165, 1.54) is 77.9 Å². The van der Waals surface area contributed by atoms with Gasteiger partial charge in [0.2, 0.25) is 0 Å². The van der Waals surface area contributed by atoms with Crippen molar-refractivity contribution in [1.82, 2.24) is 4.98 Å². The Morgan fingerprint density at radius 3 is 1.52 bits per heavy atom. The molecule has 11 rings (SSSR count). The monoisotopic (exact) mass is 661 g/mol. The van der Waals surface area contributed by atoms with Gasteiger partial charge in [-0.1, -0.05) is 172 Å². The zero-order valence-electron chi connectivity index (χ0n) is 29.2. The van der Waals surface area contributed by atoms with E-state index in [9.17, 15) is 0 Å². The molecular formula is C51H35N. The van der Waals surface area contributed by atoms with Crippen LogP contribution in [0.25, 0.3) is 67.0 Å². The largest absolute Gasteiger partial charge is 0.248 e. The van der Waals surface area contributed by atoms with E-state index in [0.717, 1.165) is 22.5 Å². The lowest BCUT2D eigenvalue weighted by Gasteiger charge is -2.30. The molecule has 1 heterocycles. The maximum absolute atomic E-state index is 5.58. The standard InChI is InChI=1S/C51H35N/c1-50(2)41-22-10-6-17-35(41)38-28-27-33(29-46(38)50)47-30-34(32-15-4-3-5-16-32)31-48(52-47)40-21-14-26-45-49(40)39-20-9-13-25-44(39)51(45)42-23-11-7-18-36(42)37-19-8-12-24-43(37)51/h3-31H,1-2H3. The van der Waals surface area contributed by atoms with Crippen LogP contribution in [0.3, 0.4) is 0 Å². The Hall–Kier alpha value is -6.31. The Labute approximate surface area is 304 Å². The first-order valence-electron chi connectivity index (χ1n) is 18.3. The summed E-state index contributed by atoms with van der Waals surface area (Å²) in [5.74, 6) is 0. The maximum Gasteiger partial charge on any atom is 0.0725 e. The van der Waals surface area contributed by atoms with Gasteiger partial charge in [-0.25, -0.2) is 4.98 Å². The molecule has 7 aromatic carbocycles. The fraction of sp³-hybridized carbons (Fsp3) is 0.0784. The van der Waals surface area contributed by atoms with Crippen molar-refractivity contribution in [1.29, 1.82) is 0 Å². The van der Waals surface area contributed by atoms with Crippen LogP contribution in [0, 0.1) is 0 Å². The Kier molecular flexibility index (Phi) is 6.00. The number of hydrogen-bond donors (Lipinski definition) is 0. The fourth-order valence-corrected chi connectivity index (χ4v) is 9.83. The maximum atomic E-state index is 5.58. The molecule has 0 fully saturated rings. The second kappa shape index (κ2) is 10.6. The summed E-state index contributed by atoms with van der Waals surface area (Å²) in [6.45, 7) is 4.70. The first-order chi connectivity index (χ1) is 25.5. The van der Waals surface area contributed by atoms with Crippen molar-refractivity contribution in [2.75, 3.05) is 0 Å². The molecule has 0 bridgehead atoms. The molecular weight excluding hydrogens is 627 g/mol. The highest BCUT2D eigenvalue weighted by Gasteiger charge is 2.52. The number of benzene rings is 7. The number of nitrogens with zero attached hydrogens (tertiary/aromatic N) is 1. The molecule has 0 atom stereocenters.